The summed E-state index contributed by atoms with van der Waals surface area (Å²) in [6.07, 6.45) is 1.33. The molecule has 1 aromatic carbocycles. The molecule has 0 atom stereocenters. The van der Waals surface area contributed by atoms with Gasteiger partial charge in [0.25, 0.3) is 10.0 Å². The zero-order chi connectivity index (χ0) is 13.3. The van der Waals surface area contributed by atoms with Gasteiger partial charge >= 0.3 is 0 Å². The van der Waals surface area contributed by atoms with Crippen LogP contribution in [0.15, 0.2) is 35.5 Å². The largest absolute Gasteiger partial charge is 0.332 e. The lowest BCUT2D eigenvalue weighted by molar-refractivity contribution is 0.591. The van der Waals surface area contributed by atoms with E-state index in [1.165, 1.54) is 17.5 Å². The fourth-order valence-electron chi connectivity index (χ4n) is 1.64. The first-order valence-corrected chi connectivity index (χ1v) is 6.92. The van der Waals surface area contributed by atoms with Crippen molar-refractivity contribution in [2.24, 2.45) is 0 Å². The van der Waals surface area contributed by atoms with Crippen molar-refractivity contribution in [3.8, 4) is 0 Å². The SMILES string of the molecule is Cc1cccc(N(C)S(=O)(=O)c2cnc(C)[nH]2)c1. The Hall–Kier alpha value is -1.82. The molecule has 5 nitrogen and oxygen atoms in total. The van der Waals surface area contributed by atoms with Crippen LogP contribution in [0, 0.1) is 13.8 Å². The average molecular weight is 265 g/mol. The van der Waals surface area contributed by atoms with Gasteiger partial charge < -0.3 is 4.98 Å². The van der Waals surface area contributed by atoms with E-state index in [0.29, 0.717) is 11.5 Å². The third-order valence-electron chi connectivity index (χ3n) is 2.68. The molecule has 0 fully saturated rings. The number of nitrogens with one attached hydrogen (secondary N) is 1. The Morgan fingerprint density at radius 2 is 2.00 bits per heavy atom. The van der Waals surface area contributed by atoms with Crippen LogP contribution in [0.2, 0.25) is 0 Å². The molecule has 0 bridgehead atoms. The molecule has 0 saturated carbocycles. The molecule has 18 heavy (non-hydrogen) atoms. The topological polar surface area (TPSA) is 66.1 Å². The molecule has 2 aromatic rings. The Bertz CT molecular complexity index is 661. The van der Waals surface area contributed by atoms with E-state index in [-0.39, 0.29) is 5.03 Å². The van der Waals surface area contributed by atoms with Crippen molar-refractivity contribution in [2.45, 2.75) is 18.9 Å². The number of benzene rings is 1. The van der Waals surface area contributed by atoms with Crippen molar-refractivity contribution in [1.82, 2.24) is 9.97 Å². The van der Waals surface area contributed by atoms with E-state index in [4.69, 9.17) is 0 Å². The van der Waals surface area contributed by atoms with Crippen LogP contribution in [0.25, 0.3) is 0 Å². The maximum absolute atomic E-state index is 12.3. The molecule has 0 aliphatic rings. The van der Waals surface area contributed by atoms with Crippen LogP contribution in [-0.2, 0) is 10.0 Å². The normalized spacial score (nSPS) is 11.5. The number of sulfonamides is 1. The second kappa shape index (κ2) is 4.45. The van der Waals surface area contributed by atoms with Gasteiger partial charge in [-0.25, -0.2) is 4.98 Å². The maximum atomic E-state index is 12.3. The molecular formula is C12H15N3O2S. The van der Waals surface area contributed by atoms with Gasteiger partial charge in [-0.15, -0.1) is 0 Å². The number of hydrogen-bond acceptors (Lipinski definition) is 3. The van der Waals surface area contributed by atoms with Crippen LogP contribution in [-0.4, -0.2) is 25.4 Å². The fraction of sp³-hybridized carbons (Fsp3) is 0.250. The van der Waals surface area contributed by atoms with Crippen LogP contribution in [0.5, 0.6) is 0 Å². The van der Waals surface area contributed by atoms with Crippen molar-refractivity contribution in [2.75, 3.05) is 11.4 Å². The molecule has 0 amide bonds. The van der Waals surface area contributed by atoms with Gasteiger partial charge in [0.05, 0.1) is 11.9 Å². The van der Waals surface area contributed by atoms with Crippen molar-refractivity contribution < 1.29 is 8.42 Å². The third-order valence-corrected chi connectivity index (χ3v) is 4.38. The predicted octanol–water partition coefficient (Wildman–Crippen LogP) is 1.85. The highest BCUT2D eigenvalue weighted by Crippen LogP contribution is 2.21. The number of rotatable bonds is 3. The molecule has 6 heteroatoms. The Morgan fingerprint density at radius 1 is 1.28 bits per heavy atom. The van der Waals surface area contributed by atoms with Crippen molar-refractivity contribution in [3.05, 3.63) is 41.9 Å². The molecule has 0 saturated heterocycles. The summed E-state index contributed by atoms with van der Waals surface area (Å²) >= 11 is 0. The summed E-state index contributed by atoms with van der Waals surface area (Å²) in [7, 11) is -2.04. The van der Waals surface area contributed by atoms with Crippen molar-refractivity contribution >= 4 is 15.7 Å². The van der Waals surface area contributed by atoms with Crippen molar-refractivity contribution in [3.63, 3.8) is 0 Å². The van der Waals surface area contributed by atoms with Gasteiger partial charge in [-0.3, -0.25) is 4.31 Å². The number of imidazole rings is 1. The van der Waals surface area contributed by atoms with E-state index in [2.05, 4.69) is 9.97 Å². The van der Waals surface area contributed by atoms with Crippen molar-refractivity contribution in [1.29, 1.82) is 0 Å². The van der Waals surface area contributed by atoms with E-state index in [1.54, 1.807) is 13.0 Å². The lowest BCUT2D eigenvalue weighted by Crippen LogP contribution is -2.26. The molecule has 0 aliphatic heterocycles. The molecule has 2 rings (SSSR count). The van der Waals surface area contributed by atoms with Crippen LogP contribution in [0.3, 0.4) is 0 Å². The summed E-state index contributed by atoms with van der Waals surface area (Å²) in [5.41, 5.74) is 1.64. The first-order valence-electron chi connectivity index (χ1n) is 5.48. The van der Waals surface area contributed by atoms with E-state index in [0.717, 1.165) is 5.56 Å². The Morgan fingerprint density at radius 3 is 2.56 bits per heavy atom. The van der Waals surface area contributed by atoms with Gasteiger partial charge in [-0.05, 0) is 31.5 Å². The highest BCUT2D eigenvalue weighted by molar-refractivity contribution is 7.92. The molecule has 0 spiro atoms. The molecule has 1 heterocycles. The van der Waals surface area contributed by atoms with Gasteiger partial charge in [0, 0.05) is 7.05 Å². The first-order chi connectivity index (χ1) is 8.41. The Kier molecular flexibility index (Phi) is 3.13. The summed E-state index contributed by atoms with van der Waals surface area (Å²) < 4.78 is 25.9. The molecule has 0 radical (unpaired) electrons. The number of nitrogens with zero attached hydrogens (tertiary/aromatic N) is 2. The summed E-state index contributed by atoms with van der Waals surface area (Å²) in [5.74, 6) is 0.575. The zero-order valence-corrected chi connectivity index (χ0v) is 11.3. The summed E-state index contributed by atoms with van der Waals surface area (Å²) in [5, 5.41) is 0.101. The lowest BCUT2D eigenvalue weighted by atomic mass is 10.2. The van der Waals surface area contributed by atoms with E-state index < -0.39 is 10.0 Å². The fourth-order valence-corrected chi connectivity index (χ4v) is 2.79. The predicted molar refractivity (Wildman–Crippen MR) is 70.1 cm³/mol. The first kappa shape index (κ1) is 12.6. The quantitative estimate of drug-likeness (QED) is 0.921. The monoisotopic (exact) mass is 265 g/mol. The molecule has 0 unspecified atom stereocenters. The number of aromatic nitrogens is 2. The highest BCUT2D eigenvalue weighted by Gasteiger charge is 2.23. The standard InChI is InChI=1S/C12H15N3O2S/c1-9-5-4-6-11(7-9)15(3)18(16,17)12-8-13-10(2)14-12/h4-8H,1-3H3,(H,13,14). The summed E-state index contributed by atoms with van der Waals surface area (Å²) in [6.45, 7) is 3.63. The summed E-state index contributed by atoms with van der Waals surface area (Å²) in [4.78, 5) is 6.66. The molecule has 96 valence electrons. The van der Waals surface area contributed by atoms with Gasteiger partial charge in [-0.2, -0.15) is 8.42 Å². The molecule has 1 N–H and O–H groups in total. The second-order valence-electron chi connectivity index (χ2n) is 4.14. The molecular weight excluding hydrogens is 250 g/mol. The lowest BCUT2D eigenvalue weighted by Gasteiger charge is -2.18. The van der Waals surface area contributed by atoms with Gasteiger partial charge in [0.2, 0.25) is 0 Å². The van der Waals surface area contributed by atoms with Crippen LogP contribution >= 0.6 is 0 Å². The zero-order valence-electron chi connectivity index (χ0n) is 10.5. The number of aromatic amines is 1. The van der Waals surface area contributed by atoms with Crippen LogP contribution < -0.4 is 4.31 Å². The number of hydrogen-bond donors (Lipinski definition) is 1. The minimum Gasteiger partial charge on any atom is -0.332 e. The molecule has 1 aromatic heterocycles. The second-order valence-corrected chi connectivity index (χ2v) is 6.08. The number of H-pyrrole nitrogens is 1. The van der Waals surface area contributed by atoms with Crippen LogP contribution in [0.1, 0.15) is 11.4 Å². The Balaban J connectivity index is 2.42. The van der Waals surface area contributed by atoms with E-state index in [9.17, 15) is 8.42 Å². The summed E-state index contributed by atoms with van der Waals surface area (Å²) in [6, 6.07) is 7.33. The van der Waals surface area contributed by atoms with Gasteiger partial charge in [0.1, 0.15) is 5.82 Å². The van der Waals surface area contributed by atoms with E-state index in [1.807, 2.05) is 25.1 Å². The van der Waals surface area contributed by atoms with Crippen LogP contribution in [0.4, 0.5) is 5.69 Å². The molecule has 0 aliphatic carbocycles. The average Bonchev–Trinajstić information content (AvgIpc) is 2.75. The minimum atomic E-state index is -3.57. The number of anilines is 1. The highest BCUT2D eigenvalue weighted by atomic mass is 32.2. The Labute approximate surface area is 107 Å². The maximum Gasteiger partial charge on any atom is 0.281 e. The van der Waals surface area contributed by atoms with Gasteiger partial charge in [0.15, 0.2) is 5.03 Å². The van der Waals surface area contributed by atoms with E-state index >= 15 is 0 Å². The third kappa shape index (κ3) is 2.24. The minimum absolute atomic E-state index is 0.101. The smallest absolute Gasteiger partial charge is 0.281 e. The number of aryl methyl sites for hydroxylation is 2. The van der Waals surface area contributed by atoms with Gasteiger partial charge in [-0.1, -0.05) is 12.1 Å².